The summed E-state index contributed by atoms with van der Waals surface area (Å²) in [7, 11) is 0. The topological polar surface area (TPSA) is 37.0 Å². The first-order valence-electron chi connectivity index (χ1n) is 6.63. The van der Waals surface area contributed by atoms with E-state index < -0.39 is 0 Å². The average molecular weight is 235 g/mol. The second-order valence-corrected chi connectivity index (χ2v) is 4.76. The molecule has 0 saturated carbocycles. The number of nitrogens with zero attached hydrogens (tertiary/aromatic N) is 1. The maximum absolute atomic E-state index is 4.30. The number of nitrogens with one attached hydrogen (secondary N) is 2. The van der Waals surface area contributed by atoms with Crippen LogP contribution in [0.4, 0.5) is 11.5 Å². The Bertz CT molecular complexity index is 323. The summed E-state index contributed by atoms with van der Waals surface area (Å²) in [6.07, 6.45) is 4.11. The van der Waals surface area contributed by atoms with Gasteiger partial charge in [-0.3, -0.25) is 0 Å². The fraction of sp³-hybridized carbons (Fsp3) is 0.643. The highest BCUT2D eigenvalue weighted by molar-refractivity contribution is 5.52. The summed E-state index contributed by atoms with van der Waals surface area (Å²) in [4.78, 5) is 4.30. The van der Waals surface area contributed by atoms with Gasteiger partial charge in [-0.2, -0.15) is 0 Å². The summed E-state index contributed by atoms with van der Waals surface area (Å²) in [5.41, 5.74) is 1.15. The zero-order chi connectivity index (χ0) is 12.7. The lowest BCUT2D eigenvalue weighted by atomic mass is 10.0. The van der Waals surface area contributed by atoms with Crippen LogP contribution in [0.15, 0.2) is 18.3 Å². The average Bonchev–Trinajstić information content (AvgIpc) is 2.33. The van der Waals surface area contributed by atoms with Crippen LogP contribution in [0.3, 0.4) is 0 Å². The number of rotatable bonds is 7. The van der Waals surface area contributed by atoms with Gasteiger partial charge in [0.15, 0.2) is 0 Å². The zero-order valence-corrected chi connectivity index (χ0v) is 11.5. The van der Waals surface area contributed by atoms with Gasteiger partial charge >= 0.3 is 0 Å². The summed E-state index contributed by atoms with van der Waals surface area (Å²) in [6.45, 7) is 9.84. The van der Waals surface area contributed by atoms with Crippen molar-refractivity contribution in [2.24, 2.45) is 5.92 Å². The van der Waals surface area contributed by atoms with Crippen molar-refractivity contribution in [3.63, 3.8) is 0 Å². The molecule has 3 heteroatoms. The van der Waals surface area contributed by atoms with Crippen LogP contribution in [0.1, 0.15) is 40.5 Å². The highest BCUT2D eigenvalue weighted by Crippen LogP contribution is 2.17. The van der Waals surface area contributed by atoms with Crippen LogP contribution in [-0.4, -0.2) is 17.6 Å². The Balaban J connectivity index is 2.64. The molecule has 1 unspecified atom stereocenters. The van der Waals surface area contributed by atoms with Crippen molar-refractivity contribution in [1.82, 2.24) is 4.98 Å². The first-order chi connectivity index (χ1) is 8.17. The van der Waals surface area contributed by atoms with E-state index in [0.29, 0.717) is 12.0 Å². The van der Waals surface area contributed by atoms with Crippen molar-refractivity contribution in [3.05, 3.63) is 18.3 Å². The van der Waals surface area contributed by atoms with Gasteiger partial charge in [-0.25, -0.2) is 4.98 Å². The van der Waals surface area contributed by atoms with Gasteiger partial charge in [0.05, 0.1) is 0 Å². The van der Waals surface area contributed by atoms with Crippen LogP contribution in [0, 0.1) is 5.92 Å². The lowest BCUT2D eigenvalue weighted by Crippen LogP contribution is -2.24. The molecule has 0 aliphatic carbocycles. The monoisotopic (exact) mass is 235 g/mol. The van der Waals surface area contributed by atoms with E-state index in [9.17, 15) is 0 Å². The van der Waals surface area contributed by atoms with Crippen LogP contribution in [0.2, 0.25) is 0 Å². The molecule has 1 aromatic heterocycles. The minimum absolute atomic E-state index is 0.524. The summed E-state index contributed by atoms with van der Waals surface area (Å²) in [5, 5.41) is 6.87. The maximum atomic E-state index is 4.30. The third kappa shape index (κ3) is 4.63. The highest BCUT2D eigenvalue weighted by Gasteiger charge is 2.10. The predicted molar refractivity (Wildman–Crippen MR) is 75.6 cm³/mol. The summed E-state index contributed by atoms with van der Waals surface area (Å²) >= 11 is 0. The van der Waals surface area contributed by atoms with Gasteiger partial charge in [0.2, 0.25) is 0 Å². The van der Waals surface area contributed by atoms with Gasteiger partial charge in [0.1, 0.15) is 5.82 Å². The SMILES string of the molecule is CCCNc1cc(NC(CC)C(C)C)ccn1. The standard InChI is InChI=1S/C14H25N3/c1-5-8-15-14-10-12(7-9-16-14)17-13(6-2)11(3)4/h7,9-11,13H,5-6,8H2,1-4H3,(H2,15,16,17). The van der Waals surface area contributed by atoms with Crippen LogP contribution in [-0.2, 0) is 0 Å². The van der Waals surface area contributed by atoms with Gasteiger partial charge in [-0.05, 0) is 24.8 Å². The smallest absolute Gasteiger partial charge is 0.127 e. The quantitative estimate of drug-likeness (QED) is 0.755. The Labute approximate surface area is 105 Å². The van der Waals surface area contributed by atoms with Crippen LogP contribution in [0.5, 0.6) is 0 Å². The van der Waals surface area contributed by atoms with Gasteiger partial charge in [0, 0.05) is 30.5 Å². The molecule has 1 heterocycles. The number of hydrogen-bond acceptors (Lipinski definition) is 3. The third-order valence-electron chi connectivity index (χ3n) is 2.91. The van der Waals surface area contributed by atoms with E-state index >= 15 is 0 Å². The predicted octanol–water partition coefficient (Wildman–Crippen LogP) is 3.75. The number of anilines is 2. The first kappa shape index (κ1) is 13.8. The number of aromatic nitrogens is 1. The molecule has 0 aliphatic rings. The summed E-state index contributed by atoms with van der Waals surface area (Å²) < 4.78 is 0. The molecule has 17 heavy (non-hydrogen) atoms. The Hall–Kier alpha value is -1.25. The van der Waals surface area contributed by atoms with E-state index in [1.165, 1.54) is 0 Å². The largest absolute Gasteiger partial charge is 0.382 e. The van der Waals surface area contributed by atoms with Gasteiger partial charge < -0.3 is 10.6 Å². The van der Waals surface area contributed by atoms with Crippen molar-refractivity contribution in [1.29, 1.82) is 0 Å². The van der Waals surface area contributed by atoms with E-state index in [1.54, 1.807) is 0 Å². The Kier molecular flexibility index (Phi) is 5.81. The number of hydrogen-bond donors (Lipinski definition) is 2. The minimum atomic E-state index is 0.524. The number of pyridine rings is 1. The van der Waals surface area contributed by atoms with Crippen molar-refractivity contribution in [3.8, 4) is 0 Å². The Morgan fingerprint density at radius 1 is 1.29 bits per heavy atom. The molecular formula is C14H25N3. The fourth-order valence-corrected chi connectivity index (χ4v) is 1.82. The second-order valence-electron chi connectivity index (χ2n) is 4.76. The first-order valence-corrected chi connectivity index (χ1v) is 6.63. The Morgan fingerprint density at radius 2 is 2.06 bits per heavy atom. The van der Waals surface area contributed by atoms with Gasteiger partial charge in [-0.15, -0.1) is 0 Å². The molecule has 0 spiro atoms. The molecule has 0 aromatic carbocycles. The van der Waals surface area contributed by atoms with E-state index in [-0.39, 0.29) is 0 Å². The molecule has 2 N–H and O–H groups in total. The van der Waals surface area contributed by atoms with E-state index in [1.807, 2.05) is 12.3 Å². The van der Waals surface area contributed by atoms with Gasteiger partial charge in [-0.1, -0.05) is 27.7 Å². The molecular weight excluding hydrogens is 210 g/mol. The molecule has 0 aliphatic heterocycles. The molecule has 0 fully saturated rings. The molecule has 1 atom stereocenters. The third-order valence-corrected chi connectivity index (χ3v) is 2.91. The molecule has 0 amide bonds. The van der Waals surface area contributed by atoms with Crippen molar-refractivity contribution in [2.45, 2.75) is 46.6 Å². The second kappa shape index (κ2) is 7.15. The van der Waals surface area contributed by atoms with Crippen molar-refractivity contribution >= 4 is 11.5 Å². The van der Waals surface area contributed by atoms with Crippen molar-refractivity contribution < 1.29 is 0 Å². The maximum Gasteiger partial charge on any atom is 0.127 e. The highest BCUT2D eigenvalue weighted by atomic mass is 15.0. The zero-order valence-electron chi connectivity index (χ0n) is 11.5. The van der Waals surface area contributed by atoms with Crippen molar-refractivity contribution in [2.75, 3.05) is 17.2 Å². The van der Waals surface area contributed by atoms with E-state index in [4.69, 9.17) is 0 Å². The lowest BCUT2D eigenvalue weighted by molar-refractivity contribution is 0.511. The lowest BCUT2D eigenvalue weighted by Gasteiger charge is -2.22. The van der Waals surface area contributed by atoms with E-state index in [2.05, 4.69) is 49.4 Å². The normalized spacial score (nSPS) is 12.5. The molecule has 3 nitrogen and oxygen atoms in total. The van der Waals surface area contributed by atoms with Gasteiger partial charge in [0.25, 0.3) is 0 Å². The molecule has 0 saturated heterocycles. The van der Waals surface area contributed by atoms with Crippen LogP contribution < -0.4 is 10.6 Å². The summed E-state index contributed by atoms with van der Waals surface area (Å²) in [6, 6.07) is 4.64. The summed E-state index contributed by atoms with van der Waals surface area (Å²) in [5.74, 6) is 1.59. The Morgan fingerprint density at radius 3 is 2.65 bits per heavy atom. The van der Waals surface area contributed by atoms with Crippen LogP contribution in [0.25, 0.3) is 0 Å². The minimum Gasteiger partial charge on any atom is -0.382 e. The van der Waals surface area contributed by atoms with Crippen LogP contribution >= 0.6 is 0 Å². The molecule has 1 rings (SSSR count). The molecule has 0 bridgehead atoms. The fourth-order valence-electron chi connectivity index (χ4n) is 1.82. The molecule has 1 aromatic rings. The molecule has 96 valence electrons. The molecule has 0 radical (unpaired) electrons. The van der Waals surface area contributed by atoms with E-state index in [0.717, 1.165) is 30.9 Å².